The summed E-state index contributed by atoms with van der Waals surface area (Å²) >= 11 is 0. The monoisotopic (exact) mass is 288 g/mol. The van der Waals surface area contributed by atoms with Gasteiger partial charge in [0.15, 0.2) is 0 Å². The lowest BCUT2D eigenvalue weighted by Crippen LogP contribution is -2.22. The Bertz CT molecular complexity index is 480. The van der Waals surface area contributed by atoms with Crippen LogP contribution in [0.15, 0.2) is 48.4 Å². The third-order valence-corrected chi connectivity index (χ3v) is 3.31. The second kappa shape index (κ2) is 8.37. The van der Waals surface area contributed by atoms with Gasteiger partial charge >= 0.3 is 0 Å². The Morgan fingerprint density at radius 1 is 1.24 bits per heavy atom. The van der Waals surface area contributed by atoms with Crippen LogP contribution < -0.4 is 15.0 Å². The number of nitrogens with zero attached hydrogens (tertiary/aromatic N) is 1. The van der Waals surface area contributed by atoms with Crippen LogP contribution in [0.5, 0.6) is 5.75 Å². The fourth-order valence-electron chi connectivity index (χ4n) is 2.12. The maximum absolute atomic E-state index is 9.54. The lowest BCUT2D eigenvalue weighted by molar-refractivity contribution is 0.314. The third-order valence-electron chi connectivity index (χ3n) is 3.31. The van der Waals surface area contributed by atoms with Gasteiger partial charge in [0.05, 0.1) is 6.54 Å². The number of hydrogen-bond donors (Lipinski definition) is 2. The maximum Gasteiger partial charge on any atom is 0.119 e. The van der Waals surface area contributed by atoms with E-state index in [1.165, 1.54) is 12.8 Å². The predicted molar refractivity (Wildman–Crippen MR) is 86.9 cm³/mol. The molecule has 1 aromatic carbocycles. The number of anilines is 1. The van der Waals surface area contributed by atoms with Crippen LogP contribution in [0, 0.1) is 0 Å². The van der Waals surface area contributed by atoms with Crippen LogP contribution in [-0.4, -0.2) is 31.3 Å². The standard InChI is InChI=1S/C17H24N2O2/c1-2-3-10-18-11-13-21-17-8-6-15(7-9-17)19-12-4-5-16(20)14-19/h4-9,12,18,20H,2-3,10-11,13-14H2,1H3. The van der Waals surface area contributed by atoms with Gasteiger partial charge in [-0.15, -0.1) is 0 Å². The molecule has 4 heteroatoms. The number of hydrogen-bond acceptors (Lipinski definition) is 4. The van der Waals surface area contributed by atoms with Gasteiger partial charge in [0.25, 0.3) is 0 Å². The van der Waals surface area contributed by atoms with E-state index < -0.39 is 0 Å². The Morgan fingerprint density at radius 3 is 2.76 bits per heavy atom. The molecule has 0 aliphatic carbocycles. The SMILES string of the molecule is CCCCNCCOc1ccc(N2C=CC=C(O)C2)cc1. The van der Waals surface area contributed by atoms with Crippen LogP contribution in [0.3, 0.4) is 0 Å². The minimum absolute atomic E-state index is 0.371. The van der Waals surface area contributed by atoms with Crippen molar-refractivity contribution in [3.63, 3.8) is 0 Å². The van der Waals surface area contributed by atoms with Crippen molar-refractivity contribution in [1.82, 2.24) is 5.32 Å². The van der Waals surface area contributed by atoms with E-state index in [-0.39, 0.29) is 0 Å². The number of unbranched alkanes of at least 4 members (excludes halogenated alkanes) is 1. The fraction of sp³-hybridized carbons (Fsp3) is 0.412. The Labute approximate surface area is 126 Å². The highest BCUT2D eigenvalue weighted by atomic mass is 16.5. The van der Waals surface area contributed by atoms with E-state index in [1.54, 1.807) is 6.08 Å². The molecular formula is C17H24N2O2. The molecule has 0 amide bonds. The van der Waals surface area contributed by atoms with Gasteiger partial charge in [0.1, 0.15) is 18.1 Å². The summed E-state index contributed by atoms with van der Waals surface area (Å²) < 4.78 is 5.69. The summed E-state index contributed by atoms with van der Waals surface area (Å²) in [6, 6.07) is 7.93. The molecule has 0 aromatic heterocycles. The van der Waals surface area contributed by atoms with Crippen molar-refractivity contribution >= 4 is 5.69 Å². The molecule has 0 saturated heterocycles. The Balaban J connectivity index is 1.74. The van der Waals surface area contributed by atoms with E-state index in [0.717, 1.165) is 24.5 Å². The molecule has 0 atom stereocenters. The van der Waals surface area contributed by atoms with Crippen molar-refractivity contribution in [3.05, 3.63) is 48.4 Å². The summed E-state index contributed by atoms with van der Waals surface area (Å²) in [5.74, 6) is 1.24. The summed E-state index contributed by atoms with van der Waals surface area (Å²) in [6.45, 7) is 5.30. The van der Waals surface area contributed by atoms with Crippen LogP contribution in [0.4, 0.5) is 5.69 Å². The normalized spacial score (nSPS) is 14.1. The van der Waals surface area contributed by atoms with E-state index in [2.05, 4.69) is 12.2 Å². The summed E-state index contributed by atoms with van der Waals surface area (Å²) in [5.41, 5.74) is 1.04. The highest BCUT2D eigenvalue weighted by Crippen LogP contribution is 2.21. The Kier molecular flexibility index (Phi) is 6.16. The van der Waals surface area contributed by atoms with E-state index in [9.17, 15) is 5.11 Å². The molecule has 21 heavy (non-hydrogen) atoms. The van der Waals surface area contributed by atoms with Gasteiger partial charge in [0, 0.05) is 18.4 Å². The highest BCUT2D eigenvalue weighted by molar-refractivity contribution is 5.53. The Morgan fingerprint density at radius 2 is 2.05 bits per heavy atom. The molecule has 1 aromatic rings. The second-order valence-corrected chi connectivity index (χ2v) is 5.07. The lowest BCUT2D eigenvalue weighted by Gasteiger charge is -2.22. The topological polar surface area (TPSA) is 44.7 Å². The van der Waals surface area contributed by atoms with E-state index >= 15 is 0 Å². The molecule has 1 heterocycles. The minimum Gasteiger partial charge on any atom is -0.510 e. The number of nitrogens with one attached hydrogen (secondary N) is 1. The number of aliphatic hydroxyl groups excluding tert-OH is 1. The maximum atomic E-state index is 9.54. The molecule has 1 aliphatic heterocycles. The highest BCUT2D eigenvalue weighted by Gasteiger charge is 2.08. The quantitative estimate of drug-likeness (QED) is 0.721. The molecule has 0 spiro atoms. The van der Waals surface area contributed by atoms with Crippen LogP contribution in [0.25, 0.3) is 0 Å². The van der Waals surface area contributed by atoms with Crippen molar-refractivity contribution in [2.45, 2.75) is 19.8 Å². The first-order valence-corrected chi connectivity index (χ1v) is 7.56. The summed E-state index contributed by atoms with van der Waals surface area (Å²) in [6.07, 6.45) is 7.92. The zero-order valence-electron chi connectivity index (χ0n) is 12.6. The average Bonchev–Trinajstić information content (AvgIpc) is 2.51. The third kappa shape index (κ3) is 5.16. The molecule has 0 unspecified atom stereocenters. The molecule has 4 nitrogen and oxygen atoms in total. The van der Waals surface area contributed by atoms with Gasteiger partial charge in [-0.2, -0.15) is 0 Å². The van der Waals surface area contributed by atoms with Crippen LogP contribution in [0.1, 0.15) is 19.8 Å². The Hall–Kier alpha value is -1.94. The smallest absolute Gasteiger partial charge is 0.119 e. The van der Waals surface area contributed by atoms with E-state index in [4.69, 9.17) is 4.74 Å². The number of rotatable bonds is 8. The lowest BCUT2D eigenvalue weighted by atomic mass is 10.2. The largest absolute Gasteiger partial charge is 0.510 e. The van der Waals surface area contributed by atoms with Crippen molar-refractivity contribution < 1.29 is 9.84 Å². The fourth-order valence-corrected chi connectivity index (χ4v) is 2.12. The minimum atomic E-state index is 0.371. The van der Waals surface area contributed by atoms with Gasteiger partial charge in [0.2, 0.25) is 0 Å². The number of benzene rings is 1. The average molecular weight is 288 g/mol. The van der Waals surface area contributed by atoms with Crippen molar-refractivity contribution in [2.24, 2.45) is 0 Å². The summed E-state index contributed by atoms with van der Waals surface area (Å²) in [5, 5.41) is 12.9. The van der Waals surface area contributed by atoms with Gasteiger partial charge < -0.3 is 20.1 Å². The van der Waals surface area contributed by atoms with Gasteiger partial charge in [-0.05, 0) is 49.4 Å². The van der Waals surface area contributed by atoms with Gasteiger partial charge in [-0.25, -0.2) is 0 Å². The first-order valence-electron chi connectivity index (χ1n) is 7.56. The number of allylic oxidation sites excluding steroid dienone is 2. The zero-order chi connectivity index (χ0) is 14.9. The first-order chi connectivity index (χ1) is 10.3. The summed E-state index contributed by atoms with van der Waals surface area (Å²) in [4.78, 5) is 1.99. The first kappa shape index (κ1) is 15.4. The number of aliphatic hydroxyl groups is 1. The molecule has 2 rings (SSSR count). The van der Waals surface area contributed by atoms with Gasteiger partial charge in [-0.1, -0.05) is 13.3 Å². The second-order valence-electron chi connectivity index (χ2n) is 5.07. The molecular weight excluding hydrogens is 264 g/mol. The molecule has 0 bridgehead atoms. The van der Waals surface area contributed by atoms with Crippen LogP contribution in [-0.2, 0) is 0 Å². The molecule has 0 radical (unpaired) electrons. The molecule has 114 valence electrons. The van der Waals surface area contributed by atoms with Crippen molar-refractivity contribution in [1.29, 1.82) is 0 Å². The van der Waals surface area contributed by atoms with Crippen LogP contribution >= 0.6 is 0 Å². The molecule has 2 N–H and O–H groups in total. The predicted octanol–water partition coefficient (Wildman–Crippen LogP) is 3.23. The van der Waals surface area contributed by atoms with Gasteiger partial charge in [-0.3, -0.25) is 0 Å². The van der Waals surface area contributed by atoms with E-state index in [0.29, 0.717) is 18.9 Å². The van der Waals surface area contributed by atoms with Crippen molar-refractivity contribution in [3.8, 4) is 5.75 Å². The molecule has 1 aliphatic rings. The summed E-state index contributed by atoms with van der Waals surface area (Å²) in [7, 11) is 0. The molecule has 0 fully saturated rings. The van der Waals surface area contributed by atoms with E-state index in [1.807, 2.05) is 41.4 Å². The molecule has 0 saturated carbocycles. The number of ether oxygens (including phenoxy) is 1. The van der Waals surface area contributed by atoms with Crippen LogP contribution in [0.2, 0.25) is 0 Å². The zero-order valence-corrected chi connectivity index (χ0v) is 12.6. The van der Waals surface area contributed by atoms with Crippen molar-refractivity contribution in [2.75, 3.05) is 31.1 Å².